The lowest BCUT2D eigenvalue weighted by atomic mass is 9.94. The summed E-state index contributed by atoms with van der Waals surface area (Å²) in [6, 6.07) is 26.5. The van der Waals surface area contributed by atoms with E-state index in [4.69, 9.17) is 25.4 Å². The minimum absolute atomic E-state index is 0.0141. The molecule has 0 saturated heterocycles. The van der Waals surface area contributed by atoms with E-state index in [0.717, 1.165) is 17.2 Å². The summed E-state index contributed by atoms with van der Waals surface area (Å²) >= 11 is 0. The number of phenolic OH excluding ortho intramolecular Hbond substituents is 1. The predicted octanol–water partition coefficient (Wildman–Crippen LogP) is 4.51. The Kier molecular flexibility index (Phi) is 8.38. The fourth-order valence-electron chi connectivity index (χ4n) is 4.63. The monoisotopic (exact) mass is 578 g/mol. The summed E-state index contributed by atoms with van der Waals surface area (Å²) in [6.07, 6.45) is 1.82. The number of benzene rings is 4. The smallest absolute Gasteiger partial charge is 0.331 e. The SMILES string of the molecule is C[C@@](N)(Cc1ccccc1)C(=O)Oc1ccc(-c2coc3cc(OC(=O)[C@@H](N)Cc4ccccc4)cc(O)c3c2=O)cc1. The highest BCUT2D eigenvalue weighted by Crippen LogP contribution is 2.31. The molecular formula is C34H30N2O7. The summed E-state index contributed by atoms with van der Waals surface area (Å²) in [6.45, 7) is 1.61. The number of fused-ring (bicyclic) bond motifs is 1. The predicted molar refractivity (Wildman–Crippen MR) is 162 cm³/mol. The maximum absolute atomic E-state index is 13.3. The first kappa shape index (κ1) is 29.2. The second kappa shape index (κ2) is 12.3. The number of carbonyl (C=O) groups is 2. The van der Waals surface area contributed by atoms with Crippen LogP contribution in [0.1, 0.15) is 18.1 Å². The molecule has 0 aliphatic rings. The molecule has 0 saturated carbocycles. The Morgan fingerprint density at radius 3 is 2.16 bits per heavy atom. The summed E-state index contributed by atoms with van der Waals surface area (Å²) in [7, 11) is 0. The van der Waals surface area contributed by atoms with Crippen molar-refractivity contribution >= 4 is 22.9 Å². The van der Waals surface area contributed by atoms with Crippen LogP contribution < -0.4 is 26.4 Å². The molecule has 9 nitrogen and oxygen atoms in total. The van der Waals surface area contributed by atoms with Crippen LogP contribution in [0, 0.1) is 0 Å². The van der Waals surface area contributed by atoms with Crippen molar-refractivity contribution in [2.45, 2.75) is 31.3 Å². The van der Waals surface area contributed by atoms with E-state index in [0.29, 0.717) is 12.0 Å². The number of rotatable bonds is 9. The molecule has 5 aromatic rings. The average Bonchev–Trinajstić information content (AvgIpc) is 2.98. The van der Waals surface area contributed by atoms with Crippen molar-refractivity contribution in [3.63, 3.8) is 0 Å². The molecule has 0 spiro atoms. The lowest BCUT2D eigenvalue weighted by Gasteiger charge is -2.22. The minimum atomic E-state index is -1.25. The number of hydrogen-bond acceptors (Lipinski definition) is 9. The van der Waals surface area contributed by atoms with Crippen molar-refractivity contribution in [2.24, 2.45) is 11.5 Å². The summed E-state index contributed by atoms with van der Waals surface area (Å²) in [5, 5.41) is 10.6. The van der Waals surface area contributed by atoms with E-state index >= 15 is 0 Å². The van der Waals surface area contributed by atoms with E-state index in [-0.39, 0.29) is 34.5 Å². The van der Waals surface area contributed by atoms with Crippen molar-refractivity contribution in [3.8, 4) is 28.4 Å². The second-order valence-corrected chi connectivity index (χ2v) is 10.5. The van der Waals surface area contributed by atoms with Gasteiger partial charge in [-0.15, -0.1) is 0 Å². The van der Waals surface area contributed by atoms with Crippen molar-refractivity contribution in [3.05, 3.63) is 125 Å². The molecule has 0 fully saturated rings. The Labute approximate surface area is 247 Å². The third kappa shape index (κ3) is 6.81. The number of nitrogens with two attached hydrogens (primary N) is 2. The van der Waals surface area contributed by atoms with Gasteiger partial charge in [0.15, 0.2) is 0 Å². The fraction of sp³-hybridized carbons (Fsp3) is 0.147. The number of phenols is 1. The molecule has 0 radical (unpaired) electrons. The Balaban J connectivity index is 1.29. The normalized spacial score (nSPS) is 13.2. The number of esters is 2. The van der Waals surface area contributed by atoms with Gasteiger partial charge in [0.1, 0.15) is 46.1 Å². The van der Waals surface area contributed by atoms with Gasteiger partial charge in [0, 0.05) is 18.6 Å². The van der Waals surface area contributed by atoms with Gasteiger partial charge in [0.2, 0.25) is 5.43 Å². The van der Waals surface area contributed by atoms with Crippen LogP contribution in [0.5, 0.6) is 17.2 Å². The van der Waals surface area contributed by atoms with Crippen LogP contribution in [0.3, 0.4) is 0 Å². The van der Waals surface area contributed by atoms with Crippen molar-refractivity contribution in [1.29, 1.82) is 0 Å². The average molecular weight is 579 g/mol. The fourth-order valence-corrected chi connectivity index (χ4v) is 4.63. The highest BCUT2D eigenvalue weighted by atomic mass is 16.5. The lowest BCUT2D eigenvalue weighted by molar-refractivity contribution is -0.140. The molecule has 2 atom stereocenters. The van der Waals surface area contributed by atoms with Crippen LogP contribution >= 0.6 is 0 Å². The van der Waals surface area contributed by atoms with Crippen LogP contribution in [-0.2, 0) is 22.4 Å². The van der Waals surface area contributed by atoms with Crippen molar-refractivity contribution in [2.75, 3.05) is 0 Å². The molecule has 0 unspecified atom stereocenters. The third-order valence-electron chi connectivity index (χ3n) is 6.91. The number of hydrogen-bond donors (Lipinski definition) is 3. The quantitative estimate of drug-likeness (QED) is 0.169. The first-order valence-electron chi connectivity index (χ1n) is 13.6. The number of carbonyl (C=O) groups excluding carboxylic acids is 2. The molecule has 5 N–H and O–H groups in total. The minimum Gasteiger partial charge on any atom is -0.507 e. The molecule has 0 amide bonds. The number of aromatic hydroxyl groups is 1. The largest absolute Gasteiger partial charge is 0.507 e. The Morgan fingerprint density at radius 1 is 0.884 bits per heavy atom. The third-order valence-corrected chi connectivity index (χ3v) is 6.91. The molecule has 0 bridgehead atoms. The molecule has 0 aliphatic carbocycles. The molecule has 1 aromatic heterocycles. The zero-order valence-electron chi connectivity index (χ0n) is 23.4. The molecule has 0 aliphatic heterocycles. The van der Waals surface area contributed by atoms with E-state index in [1.54, 1.807) is 19.1 Å². The molecule has 1 heterocycles. The zero-order valence-corrected chi connectivity index (χ0v) is 23.4. The van der Waals surface area contributed by atoms with Crippen molar-refractivity contribution in [1.82, 2.24) is 0 Å². The Hall–Kier alpha value is -5.25. The Morgan fingerprint density at radius 2 is 1.51 bits per heavy atom. The van der Waals surface area contributed by atoms with Gasteiger partial charge in [-0.25, -0.2) is 9.59 Å². The molecule has 4 aromatic carbocycles. The molecular weight excluding hydrogens is 548 g/mol. The maximum atomic E-state index is 13.3. The summed E-state index contributed by atoms with van der Waals surface area (Å²) in [4.78, 5) is 38.6. The van der Waals surface area contributed by atoms with Crippen LogP contribution in [0.15, 0.2) is 113 Å². The highest BCUT2D eigenvalue weighted by Gasteiger charge is 2.31. The first-order valence-corrected chi connectivity index (χ1v) is 13.6. The Bertz CT molecular complexity index is 1820. The molecule has 9 heteroatoms. The van der Waals surface area contributed by atoms with E-state index in [1.165, 1.54) is 24.5 Å². The molecule has 5 rings (SSSR count). The molecule has 218 valence electrons. The zero-order chi connectivity index (χ0) is 30.6. The van der Waals surface area contributed by atoms with Gasteiger partial charge < -0.3 is 30.5 Å². The van der Waals surface area contributed by atoms with Gasteiger partial charge >= 0.3 is 11.9 Å². The second-order valence-electron chi connectivity index (χ2n) is 10.5. The lowest BCUT2D eigenvalue weighted by Crippen LogP contribution is -2.49. The summed E-state index contributed by atoms with van der Waals surface area (Å²) in [5.41, 5.74) is 12.9. The van der Waals surface area contributed by atoms with Gasteiger partial charge in [0.05, 0.1) is 5.56 Å². The van der Waals surface area contributed by atoms with E-state index < -0.39 is 34.7 Å². The highest BCUT2D eigenvalue weighted by molar-refractivity contribution is 5.89. The van der Waals surface area contributed by atoms with E-state index in [9.17, 15) is 19.5 Å². The molecule has 43 heavy (non-hydrogen) atoms. The van der Waals surface area contributed by atoms with Gasteiger partial charge in [-0.2, -0.15) is 0 Å². The standard InChI is InChI=1S/C34H30N2O7/c1-34(36,19-22-10-6-3-7-11-22)33(40)43-24-14-12-23(13-15-24)26-20-41-29-18-25(17-28(37)30(29)31(26)38)42-32(39)27(35)16-21-8-4-2-5-9-21/h2-15,17-18,20,27,37H,16,19,35-36H2,1H3/t27-,34+/m0/s1. The van der Waals surface area contributed by atoms with Gasteiger partial charge in [-0.1, -0.05) is 72.8 Å². The summed E-state index contributed by atoms with van der Waals surface area (Å²) < 4.78 is 16.5. The van der Waals surface area contributed by atoms with Crippen LogP contribution in [0.2, 0.25) is 0 Å². The first-order chi connectivity index (χ1) is 20.6. The van der Waals surface area contributed by atoms with Crippen LogP contribution in [0.4, 0.5) is 0 Å². The van der Waals surface area contributed by atoms with Crippen molar-refractivity contribution < 1.29 is 28.6 Å². The van der Waals surface area contributed by atoms with Gasteiger partial charge in [-0.3, -0.25) is 4.79 Å². The summed E-state index contributed by atoms with van der Waals surface area (Å²) in [5.74, 6) is -1.48. The number of ether oxygens (including phenoxy) is 2. The van der Waals surface area contributed by atoms with E-state index in [2.05, 4.69) is 0 Å². The van der Waals surface area contributed by atoms with Crippen LogP contribution in [-0.4, -0.2) is 28.6 Å². The maximum Gasteiger partial charge on any atom is 0.331 e. The van der Waals surface area contributed by atoms with Gasteiger partial charge in [0.25, 0.3) is 0 Å². The topological polar surface area (TPSA) is 155 Å². The van der Waals surface area contributed by atoms with Crippen LogP contribution in [0.25, 0.3) is 22.1 Å². The van der Waals surface area contributed by atoms with Gasteiger partial charge in [-0.05, 0) is 42.2 Å². The van der Waals surface area contributed by atoms with E-state index in [1.807, 2.05) is 60.7 Å².